The molecule has 1 heterocycles. The molecule has 1 N–H and O–H groups in total. The van der Waals surface area contributed by atoms with Gasteiger partial charge in [0, 0.05) is 5.56 Å². The van der Waals surface area contributed by atoms with Crippen molar-refractivity contribution in [3.05, 3.63) is 42.0 Å². The first-order valence-corrected chi connectivity index (χ1v) is 7.54. The minimum absolute atomic E-state index is 0.207. The molecule has 2 aliphatic rings. The van der Waals surface area contributed by atoms with Gasteiger partial charge in [-0.05, 0) is 31.2 Å². The standard InChI is InChI=1S/C13H15NO3S/c15-18(16)14-13(10-6-2-1-3-7-10)11-8-4-5-9-12(11)17-18/h2,4-6,8-10,13-14H,1,3,7H2/t10-,13-/m0/s1. The lowest BCUT2D eigenvalue weighted by atomic mass is 9.86. The van der Waals surface area contributed by atoms with Crippen molar-refractivity contribution in [2.24, 2.45) is 5.92 Å². The van der Waals surface area contributed by atoms with Crippen LogP contribution in [0.25, 0.3) is 0 Å². The summed E-state index contributed by atoms with van der Waals surface area (Å²) in [6.45, 7) is 0. The molecule has 3 rings (SSSR count). The molecule has 4 nitrogen and oxygen atoms in total. The summed E-state index contributed by atoms with van der Waals surface area (Å²) in [5.74, 6) is 0.652. The Morgan fingerprint density at radius 1 is 1.28 bits per heavy atom. The average Bonchev–Trinajstić information content (AvgIpc) is 2.38. The van der Waals surface area contributed by atoms with E-state index in [9.17, 15) is 8.42 Å². The quantitative estimate of drug-likeness (QED) is 0.793. The van der Waals surface area contributed by atoms with Crippen molar-refractivity contribution in [2.45, 2.75) is 25.3 Å². The Balaban J connectivity index is 2.03. The number of para-hydroxylation sites is 1. The van der Waals surface area contributed by atoms with Crippen LogP contribution in [0.3, 0.4) is 0 Å². The lowest BCUT2D eigenvalue weighted by Crippen LogP contribution is -2.40. The van der Waals surface area contributed by atoms with Gasteiger partial charge in [0.1, 0.15) is 5.75 Å². The summed E-state index contributed by atoms with van der Waals surface area (Å²) in [5.41, 5.74) is 0.920. The third-order valence-electron chi connectivity index (χ3n) is 3.44. The summed E-state index contributed by atoms with van der Waals surface area (Å²) in [7, 11) is -3.68. The predicted molar refractivity (Wildman–Crippen MR) is 68.3 cm³/mol. The van der Waals surface area contributed by atoms with Gasteiger partial charge in [-0.1, -0.05) is 30.4 Å². The Hall–Kier alpha value is -1.33. The third-order valence-corrected chi connectivity index (χ3v) is 4.39. The molecule has 0 aromatic heterocycles. The molecule has 2 atom stereocenters. The topological polar surface area (TPSA) is 55.4 Å². The molecule has 5 heteroatoms. The summed E-state index contributed by atoms with van der Waals surface area (Å²) in [5, 5.41) is 0. The highest BCUT2D eigenvalue weighted by molar-refractivity contribution is 7.85. The molecule has 0 unspecified atom stereocenters. The Bertz CT molecular complexity index is 580. The van der Waals surface area contributed by atoms with Crippen LogP contribution >= 0.6 is 0 Å². The highest BCUT2D eigenvalue weighted by Crippen LogP contribution is 2.38. The van der Waals surface area contributed by atoms with Gasteiger partial charge in [-0.25, -0.2) is 0 Å². The van der Waals surface area contributed by atoms with Crippen molar-refractivity contribution in [2.75, 3.05) is 0 Å². The van der Waals surface area contributed by atoms with Crippen LogP contribution in [0.2, 0.25) is 0 Å². The lowest BCUT2D eigenvalue weighted by molar-refractivity contribution is 0.370. The maximum absolute atomic E-state index is 11.7. The predicted octanol–water partition coefficient (Wildman–Crippen LogP) is 2.31. The molecular formula is C13H15NO3S. The average molecular weight is 265 g/mol. The molecule has 0 spiro atoms. The summed E-state index contributed by atoms with van der Waals surface area (Å²) in [6, 6.07) is 7.10. The highest BCUT2D eigenvalue weighted by Gasteiger charge is 2.34. The Labute approximate surface area is 107 Å². The molecule has 1 aliphatic carbocycles. The van der Waals surface area contributed by atoms with E-state index < -0.39 is 10.3 Å². The molecular weight excluding hydrogens is 250 g/mol. The fourth-order valence-electron chi connectivity index (χ4n) is 2.61. The molecule has 1 aromatic carbocycles. The molecule has 96 valence electrons. The Morgan fingerprint density at radius 2 is 2.11 bits per heavy atom. The molecule has 0 amide bonds. The van der Waals surface area contributed by atoms with Crippen molar-refractivity contribution in [3.63, 3.8) is 0 Å². The van der Waals surface area contributed by atoms with Gasteiger partial charge in [-0.2, -0.15) is 13.1 Å². The van der Waals surface area contributed by atoms with Crippen molar-refractivity contribution in [1.29, 1.82) is 0 Å². The van der Waals surface area contributed by atoms with Crippen LogP contribution < -0.4 is 8.91 Å². The number of rotatable bonds is 1. The maximum atomic E-state index is 11.7. The third kappa shape index (κ3) is 2.15. The van der Waals surface area contributed by atoms with Crippen LogP contribution in [-0.4, -0.2) is 8.42 Å². The number of benzene rings is 1. The number of nitrogens with one attached hydrogen (secondary N) is 1. The van der Waals surface area contributed by atoms with E-state index >= 15 is 0 Å². The van der Waals surface area contributed by atoms with E-state index in [0.717, 1.165) is 24.8 Å². The molecule has 0 fully saturated rings. The first-order chi connectivity index (χ1) is 8.66. The van der Waals surface area contributed by atoms with Crippen molar-refractivity contribution in [3.8, 4) is 5.75 Å². The second-order valence-electron chi connectivity index (χ2n) is 4.69. The van der Waals surface area contributed by atoms with Crippen LogP contribution in [0, 0.1) is 5.92 Å². The second-order valence-corrected chi connectivity index (χ2v) is 6.00. The maximum Gasteiger partial charge on any atom is 0.383 e. The summed E-state index contributed by atoms with van der Waals surface area (Å²) in [4.78, 5) is 0. The molecule has 18 heavy (non-hydrogen) atoms. The van der Waals surface area contributed by atoms with Crippen LogP contribution in [0.4, 0.5) is 0 Å². The first-order valence-electron chi connectivity index (χ1n) is 6.13. The minimum Gasteiger partial charge on any atom is -0.371 e. The molecule has 1 aliphatic heterocycles. The largest absolute Gasteiger partial charge is 0.383 e. The highest BCUT2D eigenvalue weighted by atomic mass is 32.2. The van der Waals surface area contributed by atoms with E-state index in [4.69, 9.17) is 4.18 Å². The van der Waals surface area contributed by atoms with Gasteiger partial charge in [0.15, 0.2) is 0 Å². The summed E-state index contributed by atoms with van der Waals surface area (Å²) < 4.78 is 31.0. The molecule has 0 saturated heterocycles. The monoisotopic (exact) mass is 265 g/mol. The molecule has 0 radical (unpaired) electrons. The van der Waals surface area contributed by atoms with E-state index in [0.29, 0.717) is 5.75 Å². The Kier molecular flexibility index (Phi) is 2.87. The minimum atomic E-state index is -3.68. The summed E-state index contributed by atoms with van der Waals surface area (Å²) >= 11 is 0. The molecule has 0 bridgehead atoms. The molecule has 0 saturated carbocycles. The summed E-state index contributed by atoms with van der Waals surface area (Å²) in [6.07, 6.45) is 7.41. The van der Waals surface area contributed by atoms with Crippen molar-refractivity contribution in [1.82, 2.24) is 4.72 Å². The van der Waals surface area contributed by atoms with Crippen LogP contribution in [0.5, 0.6) is 5.75 Å². The fraction of sp³-hybridized carbons (Fsp3) is 0.385. The van der Waals surface area contributed by atoms with Gasteiger partial charge in [0.05, 0.1) is 6.04 Å². The number of hydrogen-bond acceptors (Lipinski definition) is 3. The van der Waals surface area contributed by atoms with Crippen LogP contribution in [0.1, 0.15) is 30.9 Å². The van der Waals surface area contributed by atoms with Gasteiger partial charge in [0.2, 0.25) is 0 Å². The number of hydrogen-bond donors (Lipinski definition) is 1. The fourth-order valence-corrected chi connectivity index (χ4v) is 3.66. The van der Waals surface area contributed by atoms with E-state index in [1.54, 1.807) is 12.1 Å². The van der Waals surface area contributed by atoms with E-state index in [1.807, 2.05) is 12.1 Å². The number of fused-ring (bicyclic) bond motifs is 1. The van der Waals surface area contributed by atoms with Crippen molar-refractivity contribution >= 4 is 10.3 Å². The van der Waals surface area contributed by atoms with Gasteiger partial charge in [-0.15, -0.1) is 0 Å². The zero-order valence-electron chi connectivity index (χ0n) is 9.87. The van der Waals surface area contributed by atoms with Gasteiger partial charge < -0.3 is 4.18 Å². The van der Waals surface area contributed by atoms with E-state index in [1.165, 1.54) is 0 Å². The molecule has 1 aromatic rings. The van der Waals surface area contributed by atoms with E-state index in [-0.39, 0.29) is 12.0 Å². The first kappa shape index (κ1) is 11.7. The van der Waals surface area contributed by atoms with Gasteiger partial charge in [-0.3, -0.25) is 0 Å². The van der Waals surface area contributed by atoms with E-state index in [2.05, 4.69) is 16.9 Å². The zero-order valence-corrected chi connectivity index (χ0v) is 10.7. The zero-order chi connectivity index (χ0) is 12.6. The smallest absolute Gasteiger partial charge is 0.371 e. The van der Waals surface area contributed by atoms with Gasteiger partial charge in [0.25, 0.3) is 0 Å². The second kappa shape index (κ2) is 4.40. The Morgan fingerprint density at radius 3 is 2.89 bits per heavy atom. The normalized spacial score (nSPS) is 29.3. The lowest BCUT2D eigenvalue weighted by Gasteiger charge is -2.32. The number of allylic oxidation sites excluding steroid dienone is 1. The SMILES string of the molecule is O=S1(=O)N[C@@H]([C@H]2C=CCCC2)c2ccccc2O1. The van der Waals surface area contributed by atoms with Crippen LogP contribution in [-0.2, 0) is 10.3 Å². The van der Waals surface area contributed by atoms with Crippen LogP contribution in [0.15, 0.2) is 36.4 Å². The van der Waals surface area contributed by atoms with Gasteiger partial charge >= 0.3 is 10.3 Å². The van der Waals surface area contributed by atoms with Crippen molar-refractivity contribution < 1.29 is 12.6 Å².